The van der Waals surface area contributed by atoms with E-state index in [0.717, 1.165) is 89.9 Å². The second kappa shape index (κ2) is 55.4. The van der Waals surface area contributed by atoms with Crippen molar-refractivity contribution in [3.8, 4) is 0 Å². The van der Waals surface area contributed by atoms with Crippen LogP contribution in [0.4, 0.5) is 0 Å². The Bertz CT molecular complexity index is 1260. The van der Waals surface area contributed by atoms with Gasteiger partial charge >= 0.3 is 17.9 Å². The molecule has 0 fully saturated rings. The Hall–Kier alpha value is -3.15. The second-order valence-corrected chi connectivity index (χ2v) is 18.8. The molecule has 1 unspecified atom stereocenters. The summed E-state index contributed by atoms with van der Waals surface area (Å²) in [5.41, 5.74) is 0. The van der Waals surface area contributed by atoms with Crippen molar-refractivity contribution in [2.24, 2.45) is 0 Å². The maximum Gasteiger partial charge on any atom is 0.306 e. The normalized spacial score (nSPS) is 12.6. The summed E-state index contributed by atoms with van der Waals surface area (Å²) in [6.45, 7) is 6.40. The van der Waals surface area contributed by atoms with Gasteiger partial charge in [-0.3, -0.25) is 14.4 Å². The van der Waals surface area contributed by atoms with Gasteiger partial charge in [0.2, 0.25) is 0 Å². The van der Waals surface area contributed by atoms with Gasteiger partial charge in [-0.25, -0.2) is 0 Å². The minimum absolute atomic E-state index is 0.103. The van der Waals surface area contributed by atoms with Crippen molar-refractivity contribution in [2.75, 3.05) is 13.2 Å². The molecule has 0 radical (unpaired) electrons. The maximum absolute atomic E-state index is 12.7. The third-order valence-electron chi connectivity index (χ3n) is 12.2. The van der Waals surface area contributed by atoms with E-state index in [1.807, 2.05) is 12.2 Å². The highest BCUT2D eigenvalue weighted by Gasteiger charge is 2.19. The minimum atomic E-state index is -0.810. The lowest BCUT2D eigenvalue weighted by molar-refractivity contribution is -0.166. The Morgan fingerprint density at radius 3 is 0.881 bits per heavy atom. The number of rotatable bonds is 51. The van der Waals surface area contributed by atoms with Gasteiger partial charge in [0, 0.05) is 19.3 Å². The molecule has 6 heteroatoms. The number of esters is 3. The van der Waals surface area contributed by atoms with Crippen molar-refractivity contribution in [2.45, 2.75) is 284 Å². The Kier molecular flexibility index (Phi) is 52.8. The number of carbonyl (C=O) groups excluding carboxylic acids is 3. The number of hydrogen-bond donors (Lipinski definition) is 0. The van der Waals surface area contributed by atoms with E-state index in [-0.39, 0.29) is 31.6 Å². The van der Waals surface area contributed by atoms with Crippen LogP contribution in [0, 0.1) is 0 Å². The third-order valence-corrected chi connectivity index (χ3v) is 12.2. The Balaban J connectivity index is 4.14. The molecule has 0 saturated carbocycles. The average Bonchev–Trinajstić information content (AvgIpc) is 3.33. The first-order valence-corrected chi connectivity index (χ1v) is 28.4. The van der Waals surface area contributed by atoms with Crippen molar-refractivity contribution in [3.63, 3.8) is 0 Å². The highest BCUT2D eigenvalue weighted by molar-refractivity contribution is 5.71. The van der Waals surface area contributed by atoms with E-state index in [1.165, 1.54) is 141 Å². The molecule has 67 heavy (non-hydrogen) atoms. The van der Waals surface area contributed by atoms with Gasteiger partial charge in [0.15, 0.2) is 6.10 Å². The molecule has 0 aliphatic heterocycles. The fourth-order valence-electron chi connectivity index (χ4n) is 8.00. The van der Waals surface area contributed by atoms with Crippen LogP contribution in [0.25, 0.3) is 0 Å². The van der Waals surface area contributed by atoms with Crippen LogP contribution < -0.4 is 0 Å². The van der Waals surface area contributed by atoms with Crippen molar-refractivity contribution in [1.29, 1.82) is 0 Å². The molecule has 0 aromatic carbocycles. The Morgan fingerprint density at radius 2 is 0.582 bits per heavy atom. The van der Waals surface area contributed by atoms with Gasteiger partial charge in [-0.1, -0.05) is 273 Å². The van der Waals surface area contributed by atoms with Gasteiger partial charge in [-0.2, -0.15) is 0 Å². The van der Waals surface area contributed by atoms with E-state index in [2.05, 4.69) is 81.5 Å². The summed E-state index contributed by atoms with van der Waals surface area (Å²) in [4.78, 5) is 37.7. The predicted molar refractivity (Wildman–Crippen MR) is 288 cm³/mol. The SMILES string of the molecule is CC/C=C\C/C=C\C/C=C\C/C=C\C/C=C\C/C=C\CCC(=O)OC(COC(=O)CCCCCCC)COC(=O)CCCCCCCCCCCCCCCCCCCCCCCCCCC. The van der Waals surface area contributed by atoms with E-state index in [4.69, 9.17) is 14.2 Å². The average molecular weight is 936 g/mol. The van der Waals surface area contributed by atoms with Gasteiger partial charge in [0.25, 0.3) is 0 Å². The van der Waals surface area contributed by atoms with Crippen LogP contribution in [-0.2, 0) is 28.6 Å². The van der Waals surface area contributed by atoms with Crippen molar-refractivity contribution < 1.29 is 28.6 Å². The summed E-state index contributed by atoms with van der Waals surface area (Å²) in [6, 6.07) is 0. The Morgan fingerprint density at radius 1 is 0.313 bits per heavy atom. The molecule has 6 nitrogen and oxygen atoms in total. The first-order valence-electron chi connectivity index (χ1n) is 28.4. The van der Waals surface area contributed by atoms with Crippen molar-refractivity contribution in [3.05, 3.63) is 72.9 Å². The number of ether oxygens (including phenoxy) is 3. The Labute approximate surface area is 414 Å². The van der Waals surface area contributed by atoms with Gasteiger partial charge in [-0.05, 0) is 57.8 Å². The third kappa shape index (κ3) is 53.7. The minimum Gasteiger partial charge on any atom is -0.462 e. The quantitative estimate of drug-likeness (QED) is 0.0262. The van der Waals surface area contributed by atoms with Gasteiger partial charge in [-0.15, -0.1) is 0 Å². The molecule has 0 bridgehead atoms. The van der Waals surface area contributed by atoms with Crippen molar-refractivity contribution in [1.82, 2.24) is 0 Å². The molecule has 0 aromatic rings. The van der Waals surface area contributed by atoms with E-state index >= 15 is 0 Å². The van der Waals surface area contributed by atoms with E-state index in [1.54, 1.807) is 0 Å². The topological polar surface area (TPSA) is 78.9 Å². The zero-order valence-electron chi connectivity index (χ0n) is 44.2. The lowest BCUT2D eigenvalue weighted by Gasteiger charge is -2.18. The first-order chi connectivity index (χ1) is 33.0. The molecule has 1 atom stereocenters. The number of allylic oxidation sites excluding steroid dienone is 12. The fourth-order valence-corrected chi connectivity index (χ4v) is 8.00. The monoisotopic (exact) mass is 935 g/mol. The van der Waals surface area contributed by atoms with E-state index in [0.29, 0.717) is 19.3 Å². The molecule has 0 aliphatic rings. The molecule has 386 valence electrons. The number of hydrogen-bond acceptors (Lipinski definition) is 6. The van der Waals surface area contributed by atoms with Crippen molar-refractivity contribution >= 4 is 17.9 Å². The highest BCUT2D eigenvalue weighted by atomic mass is 16.6. The predicted octanol–water partition coefficient (Wildman–Crippen LogP) is 19.0. The molecular weight excluding hydrogens is 829 g/mol. The van der Waals surface area contributed by atoms with E-state index < -0.39 is 12.1 Å². The maximum atomic E-state index is 12.7. The van der Waals surface area contributed by atoms with Crippen LogP contribution in [-0.4, -0.2) is 37.2 Å². The molecule has 0 aromatic heterocycles. The molecule has 0 rings (SSSR count). The van der Waals surface area contributed by atoms with Gasteiger partial charge in [0.05, 0.1) is 0 Å². The van der Waals surface area contributed by atoms with Crippen LogP contribution in [0.15, 0.2) is 72.9 Å². The standard InChI is InChI=1S/C61H106O6/c1-4-7-10-13-15-17-19-21-23-25-27-28-29-30-31-32-34-35-37-39-41-43-45-48-51-54-60(63)66-57-58(56-65-59(62)53-50-47-12-9-6-3)67-61(64)55-52-49-46-44-42-40-38-36-33-26-24-22-20-18-16-14-11-8-5-2/h8,11,16,18,22,24,33,36,40,42,46,49,58H,4-7,9-10,12-15,17,19-21,23,25-32,34-35,37-39,41,43-45,47-48,50-57H2,1-3H3/b11-8-,18-16-,24-22-,36-33-,42-40-,49-46-. The second-order valence-electron chi connectivity index (χ2n) is 18.8. The van der Waals surface area contributed by atoms with Crippen LogP contribution in [0.2, 0.25) is 0 Å². The summed E-state index contributed by atoms with van der Waals surface area (Å²) in [7, 11) is 0. The zero-order valence-corrected chi connectivity index (χ0v) is 44.2. The molecule has 0 spiro atoms. The number of carbonyl (C=O) groups is 3. The molecule has 0 amide bonds. The highest BCUT2D eigenvalue weighted by Crippen LogP contribution is 2.17. The molecule has 0 aliphatic carbocycles. The lowest BCUT2D eigenvalue weighted by atomic mass is 10.0. The fraction of sp³-hybridized carbons (Fsp3) is 0.754. The van der Waals surface area contributed by atoms with E-state index in [9.17, 15) is 14.4 Å². The molecule has 0 heterocycles. The first kappa shape index (κ1) is 63.8. The van der Waals surface area contributed by atoms with Crippen LogP contribution in [0.3, 0.4) is 0 Å². The van der Waals surface area contributed by atoms with Crippen LogP contribution in [0.5, 0.6) is 0 Å². The van der Waals surface area contributed by atoms with Crippen LogP contribution in [0.1, 0.15) is 278 Å². The largest absolute Gasteiger partial charge is 0.462 e. The summed E-state index contributed by atoms with van der Waals surface area (Å²) in [6.07, 6.45) is 71.1. The summed E-state index contributed by atoms with van der Waals surface area (Å²) < 4.78 is 16.6. The van der Waals surface area contributed by atoms with Gasteiger partial charge in [0.1, 0.15) is 13.2 Å². The number of unbranched alkanes of at least 4 members (excludes halogenated alkanes) is 28. The molecule has 0 N–H and O–H groups in total. The van der Waals surface area contributed by atoms with Gasteiger partial charge < -0.3 is 14.2 Å². The zero-order chi connectivity index (χ0) is 48.6. The molecular formula is C61H106O6. The summed E-state index contributed by atoms with van der Waals surface area (Å²) in [5.74, 6) is -0.996. The lowest BCUT2D eigenvalue weighted by Crippen LogP contribution is -2.30. The summed E-state index contributed by atoms with van der Waals surface area (Å²) in [5, 5.41) is 0. The smallest absolute Gasteiger partial charge is 0.306 e. The van der Waals surface area contributed by atoms with Crippen LogP contribution >= 0.6 is 0 Å². The molecule has 0 saturated heterocycles. The summed E-state index contributed by atoms with van der Waals surface area (Å²) >= 11 is 0.